The van der Waals surface area contributed by atoms with Crippen LogP contribution in [0.3, 0.4) is 0 Å². The lowest BCUT2D eigenvalue weighted by Crippen LogP contribution is -2.41. The lowest BCUT2D eigenvalue weighted by molar-refractivity contribution is -0.222. The van der Waals surface area contributed by atoms with Gasteiger partial charge in [0.05, 0.1) is 0 Å². The zero-order valence-corrected chi connectivity index (χ0v) is 13.6. The van der Waals surface area contributed by atoms with E-state index in [1.54, 1.807) is 24.3 Å². The lowest BCUT2D eigenvalue weighted by atomic mass is 10.1. The zero-order chi connectivity index (χ0) is 18.0. The Morgan fingerprint density at radius 3 is 1.88 bits per heavy atom. The van der Waals surface area contributed by atoms with Crippen LogP contribution in [0.15, 0.2) is 54.1 Å². The number of carbonyl (C=O) groups is 2. The molecular formula is C19H15FO5. The van der Waals surface area contributed by atoms with E-state index < -0.39 is 17.7 Å². The number of benzene rings is 2. The third-order valence-electron chi connectivity index (χ3n) is 3.36. The average molecular weight is 342 g/mol. The van der Waals surface area contributed by atoms with Crippen LogP contribution in [0, 0.1) is 5.82 Å². The molecule has 1 aliphatic rings. The quantitative estimate of drug-likeness (QED) is 0.482. The van der Waals surface area contributed by atoms with Crippen molar-refractivity contribution in [3.8, 4) is 11.5 Å². The van der Waals surface area contributed by atoms with E-state index >= 15 is 0 Å². The maximum atomic E-state index is 12.9. The number of hydrogen-bond acceptors (Lipinski definition) is 5. The van der Waals surface area contributed by atoms with E-state index in [9.17, 15) is 14.0 Å². The van der Waals surface area contributed by atoms with Gasteiger partial charge >= 0.3 is 11.9 Å². The molecule has 0 unspecified atom stereocenters. The van der Waals surface area contributed by atoms with Crippen LogP contribution in [0.5, 0.6) is 11.5 Å². The summed E-state index contributed by atoms with van der Waals surface area (Å²) in [5.74, 6) is -2.04. The first-order valence-corrected chi connectivity index (χ1v) is 7.54. The normalized spacial score (nSPS) is 16.0. The van der Waals surface area contributed by atoms with Crippen LogP contribution in [0.2, 0.25) is 0 Å². The number of ether oxygens (including phenoxy) is 3. The summed E-state index contributed by atoms with van der Waals surface area (Å²) >= 11 is 0. The Balaban J connectivity index is 1.75. The summed E-state index contributed by atoms with van der Waals surface area (Å²) in [5, 5.41) is 0. The smallest absolute Gasteiger partial charge is 0.348 e. The van der Waals surface area contributed by atoms with Crippen molar-refractivity contribution in [2.75, 3.05) is 0 Å². The lowest BCUT2D eigenvalue weighted by Gasteiger charge is -2.29. The number of hydrogen-bond donors (Lipinski definition) is 0. The van der Waals surface area contributed by atoms with Gasteiger partial charge in [0.15, 0.2) is 0 Å². The number of halogens is 1. The molecule has 128 valence electrons. The maximum absolute atomic E-state index is 12.9. The predicted octanol–water partition coefficient (Wildman–Crippen LogP) is 3.84. The van der Waals surface area contributed by atoms with Gasteiger partial charge in [0.2, 0.25) is 0 Å². The molecule has 0 atom stereocenters. The molecule has 6 heteroatoms. The second-order valence-corrected chi connectivity index (χ2v) is 5.86. The van der Waals surface area contributed by atoms with Crippen LogP contribution in [-0.2, 0) is 19.1 Å². The molecule has 0 spiro atoms. The van der Waals surface area contributed by atoms with Gasteiger partial charge in [-0.25, -0.2) is 14.0 Å². The molecule has 1 saturated heterocycles. The molecule has 0 aliphatic carbocycles. The molecule has 1 heterocycles. The van der Waals surface area contributed by atoms with Crippen molar-refractivity contribution in [1.82, 2.24) is 0 Å². The van der Waals surface area contributed by atoms with E-state index in [1.807, 2.05) is 0 Å². The predicted molar refractivity (Wildman–Crippen MR) is 87.2 cm³/mol. The number of esters is 2. The molecule has 5 nitrogen and oxygen atoms in total. The van der Waals surface area contributed by atoms with Gasteiger partial charge in [-0.3, -0.25) is 0 Å². The molecular weight excluding hydrogens is 327 g/mol. The fourth-order valence-corrected chi connectivity index (χ4v) is 2.22. The molecule has 2 aromatic carbocycles. The van der Waals surface area contributed by atoms with Crippen molar-refractivity contribution in [2.45, 2.75) is 19.6 Å². The standard InChI is InChI=1S/C19H15FO5/c1-19(2)24-17(21)16(18(22)25-19)11-12-3-7-14(8-4-12)23-15-9-5-13(20)6-10-15/h3-11H,1-2H3. The molecule has 1 fully saturated rings. The summed E-state index contributed by atoms with van der Waals surface area (Å²) in [5.41, 5.74) is 0.432. The molecule has 0 aromatic heterocycles. The second kappa shape index (κ2) is 6.39. The van der Waals surface area contributed by atoms with Gasteiger partial charge in [-0.05, 0) is 48.0 Å². The molecule has 0 radical (unpaired) electrons. The largest absolute Gasteiger partial charge is 0.457 e. The Labute approximate surface area is 143 Å². The highest BCUT2D eigenvalue weighted by molar-refractivity contribution is 6.18. The summed E-state index contributed by atoms with van der Waals surface area (Å²) in [6.07, 6.45) is 1.39. The van der Waals surface area contributed by atoms with E-state index in [0.717, 1.165) is 0 Å². The highest BCUT2D eigenvalue weighted by Gasteiger charge is 2.38. The van der Waals surface area contributed by atoms with Crippen LogP contribution in [0.1, 0.15) is 19.4 Å². The Morgan fingerprint density at radius 1 is 0.880 bits per heavy atom. The topological polar surface area (TPSA) is 61.8 Å². The first-order valence-electron chi connectivity index (χ1n) is 7.54. The Kier molecular flexibility index (Phi) is 4.27. The fourth-order valence-electron chi connectivity index (χ4n) is 2.22. The van der Waals surface area contributed by atoms with E-state index in [2.05, 4.69) is 0 Å². The molecule has 0 N–H and O–H groups in total. The molecule has 3 rings (SSSR count). The van der Waals surface area contributed by atoms with Crippen LogP contribution in [0.25, 0.3) is 6.08 Å². The number of rotatable bonds is 3. The second-order valence-electron chi connectivity index (χ2n) is 5.86. The summed E-state index contributed by atoms with van der Waals surface area (Å²) < 4.78 is 28.5. The molecule has 1 aliphatic heterocycles. The highest BCUT2D eigenvalue weighted by Crippen LogP contribution is 2.26. The van der Waals surface area contributed by atoms with Crippen LogP contribution >= 0.6 is 0 Å². The zero-order valence-electron chi connectivity index (χ0n) is 13.6. The highest BCUT2D eigenvalue weighted by atomic mass is 19.1. The first kappa shape index (κ1) is 16.7. The van der Waals surface area contributed by atoms with E-state index in [4.69, 9.17) is 14.2 Å². The summed E-state index contributed by atoms with van der Waals surface area (Å²) in [4.78, 5) is 23.8. The molecule has 25 heavy (non-hydrogen) atoms. The van der Waals surface area contributed by atoms with Crippen molar-refractivity contribution in [1.29, 1.82) is 0 Å². The van der Waals surface area contributed by atoms with Crippen LogP contribution < -0.4 is 4.74 Å². The SMILES string of the molecule is CC1(C)OC(=O)C(=Cc2ccc(Oc3ccc(F)cc3)cc2)C(=O)O1. The Bertz CT molecular complexity index is 813. The molecule has 0 amide bonds. The minimum atomic E-state index is -1.27. The minimum Gasteiger partial charge on any atom is -0.457 e. The third-order valence-corrected chi connectivity index (χ3v) is 3.36. The van der Waals surface area contributed by atoms with Crippen molar-refractivity contribution >= 4 is 18.0 Å². The minimum absolute atomic E-state index is 0.175. The first-order chi connectivity index (χ1) is 11.8. The van der Waals surface area contributed by atoms with Gasteiger partial charge in [0.1, 0.15) is 22.9 Å². The summed E-state index contributed by atoms with van der Waals surface area (Å²) in [7, 11) is 0. The fraction of sp³-hybridized carbons (Fsp3) is 0.158. The number of cyclic esters (lactones) is 2. The van der Waals surface area contributed by atoms with Gasteiger partial charge in [-0.1, -0.05) is 12.1 Å². The van der Waals surface area contributed by atoms with E-state index in [0.29, 0.717) is 17.1 Å². The van der Waals surface area contributed by atoms with Gasteiger partial charge in [-0.15, -0.1) is 0 Å². The monoisotopic (exact) mass is 342 g/mol. The van der Waals surface area contributed by atoms with Gasteiger partial charge < -0.3 is 14.2 Å². The third kappa shape index (κ3) is 4.03. The molecule has 2 aromatic rings. The van der Waals surface area contributed by atoms with Crippen molar-refractivity contribution in [3.63, 3.8) is 0 Å². The Morgan fingerprint density at radius 2 is 1.36 bits per heavy atom. The molecule has 0 saturated carbocycles. The van der Waals surface area contributed by atoms with E-state index in [-0.39, 0.29) is 11.4 Å². The van der Waals surface area contributed by atoms with Crippen molar-refractivity contribution < 1.29 is 28.2 Å². The van der Waals surface area contributed by atoms with Gasteiger partial charge in [0.25, 0.3) is 5.79 Å². The summed E-state index contributed by atoms with van der Waals surface area (Å²) in [6.45, 7) is 2.97. The Hall–Kier alpha value is -3.15. The average Bonchev–Trinajstić information content (AvgIpc) is 2.54. The van der Waals surface area contributed by atoms with Crippen molar-refractivity contribution in [2.24, 2.45) is 0 Å². The maximum Gasteiger partial charge on any atom is 0.348 e. The summed E-state index contributed by atoms with van der Waals surface area (Å²) in [6, 6.07) is 12.3. The number of carbonyl (C=O) groups excluding carboxylic acids is 2. The van der Waals surface area contributed by atoms with E-state index in [1.165, 1.54) is 44.2 Å². The van der Waals surface area contributed by atoms with Crippen LogP contribution in [0.4, 0.5) is 4.39 Å². The van der Waals surface area contributed by atoms with Crippen LogP contribution in [-0.4, -0.2) is 17.7 Å². The molecule has 0 bridgehead atoms. The van der Waals surface area contributed by atoms with Gasteiger partial charge in [0, 0.05) is 13.8 Å². The van der Waals surface area contributed by atoms with Crippen molar-refractivity contribution in [3.05, 3.63) is 65.5 Å². The van der Waals surface area contributed by atoms with Gasteiger partial charge in [-0.2, -0.15) is 0 Å².